The zero-order valence-corrected chi connectivity index (χ0v) is 18.8. The maximum atomic E-state index is 13.3. The molecule has 2 unspecified atom stereocenters. The fourth-order valence-electron chi connectivity index (χ4n) is 4.20. The van der Waals surface area contributed by atoms with E-state index >= 15 is 0 Å². The van der Waals surface area contributed by atoms with Gasteiger partial charge in [-0.1, -0.05) is 12.1 Å². The Labute approximate surface area is 201 Å². The van der Waals surface area contributed by atoms with Crippen LogP contribution in [-0.2, 0) is 23.6 Å². The first-order chi connectivity index (χ1) is 16.6. The van der Waals surface area contributed by atoms with Crippen molar-refractivity contribution in [2.75, 3.05) is 6.54 Å². The first-order valence-corrected chi connectivity index (χ1v) is 10.8. The number of amides is 2. The summed E-state index contributed by atoms with van der Waals surface area (Å²) in [6.45, 7) is 1.27. The molecule has 0 radical (unpaired) electrons. The molecule has 1 saturated heterocycles. The molecule has 0 bridgehead atoms. The molecule has 1 aliphatic rings. The highest BCUT2D eigenvalue weighted by Crippen LogP contribution is 2.37. The quantitative estimate of drug-likeness (QED) is 0.344. The molecule has 1 aliphatic heterocycles. The molecule has 0 aromatic heterocycles. The number of halogens is 6. The molecule has 0 saturated carbocycles. The summed E-state index contributed by atoms with van der Waals surface area (Å²) in [5, 5.41) is 13.6. The van der Waals surface area contributed by atoms with Gasteiger partial charge in [0, 0.05) is 43.2 Å². The lowest BCUT2D eigenvalue weighted by atomic mass is 9.91. The highest BCUT2D eigenvalue weighted by Gasteiger charge is 2.39. The van der Waals surface area contributed by atoms with Crippen molar-refractivity contribution in [2.24, 2.45) is 0 Å². The summed E-state index contributed by atoms with van der Waals surface area (Å²) in [4.78, 5) is 36.2. The number of benzene rings is 2. The summed E-state index contributed by atoms with van der Waals surface area (Å²) in [6, 6.07) is 5.06. The molecule has 7 nitrogen and oxygen atoms in total. The van der Waals surface area contributed by atoms with Crippen molar-refractivity contribution in [3.8, 4) is 0 Å². The summed E-state index contributed by atoms with van der Waals surface area (Å²) in [5.41, 5.74) is -3.56. The van der Waals surface area contributed by atoms with Crippen molar-refractivity contribution in [2.45, 2.75) is 50.6 Å². The van der Waals surface area contributed by atoms with Crippen molar-refractivity contribution in [1.82, 2.24) is 10.2 Å². The van der Waals surface area contributed by atoms with Crippen LogP contribution in [0.5, 0.6) is 0 Å². The normalized spacial score (nSPS) is 18.6. The van der Waals surface area contributed by atoms with Crippen molar-refractivity contribution < 1.29 is 40.9 Å². The summed E-state index contributed by atoms with van der Waals surface area (Å²) < 4.78 is 79.7. The molecule has 1 N–H and O–H groups in total. The third kappa shape index (κ3) is 6.52. The highest BCUT2D eigenvalue weighted by atomic mass is 19.4. The number of non-ortho nitro benzene ring substituents is 1. The number of alkyl halides is 6. The van der Waals surface area contributed by atoms with Crippen LogP contribution in [0.1, 0.15) is 46.8 Å². The molecule has 0 spiro atoms. The van der Waals surface area contributed by atoms with Crippen molar-refractivity contribution >= 4 is 17.5 Å². The van der Waals surface area contributed by atoms with E-state index in [1.807, 2.05) is 0 Å². The molecular formula is C23H21F6N3O4. The first kappa shape index (κ1) is 27.0. The maximum absolute atomic E-state index is 13.3. The number of nitrogens with zero attached hydrogens (tertiary/aromatic N) is 2. The Morgan fingerprint density at radius 3 is 2.06 bits per heavy atom. The molecule has 1 heterocycles. The second kappa shape index (κ2) is 10.2. The predicted molar refractivity (Wildman–Crippen MR) is 115 cm³/mol. The SMILES string of the molecule is CC(=O)NC1CCN(C(=O)c2cc(C(F)(F)F)cc(C(F)(F)F)c2)C(Cc2ccc([N+](=O)[O-])cc2)C1. The lowest BCUT2D eigenvalue weighted by molar-refractivity contribution is -0.384. The molecule has 2 atom stereocenters. The van der Waals surface area contributed by atoms with E-state index in [0.717, 1.165) is 0 Å². The second-order valence-electron chi connectivity index (χ2n) is 8.50. The third-order valence-corrected chi connectivity index (χ3v) is 5.84. The molecule has 1 fully saturated rings. The molecule has 13 heteroatoms. The number of hydrogen-bond donors (Lipinski definition) is 1. The largest absolute Gasteiger partial charge is 0.416 e. The number of nitro groups is 1. The minimum absolute atomic E-state index is 0.0287. The Morgan fingerprint density at radius 1 is 1.03 bits per heavy atom. The van der Waals surface area contributed by atoms with E-state index in [4.69, 9.17) is 0 Å². The van der Waals surface area contributed by atoms with Gasteiger partial charge in [-0.15, -0.1) is 0 Å². The summed E-state index contributed by atoms with van der Waals surface area (Å²) in [7, 11) is 0. The van der Waals surface area contributed by atoms with Gasteiger partial charge in [-0.2, -0.15) is 26.3 Å². The molecular weight excluding hydrogens is 496 g/mol. The Hall–Kier alpha value is -3.64. The summed E-state index contributed by atoms with van der Waals surface area (Å²) in [6.07, 6.45) is -9.66. The van der Waals surface area contributed by atoms with Crippen LogP contribution in [0.3, 0.4) is 0 Å². The van der Waals surface area contributed by atoms with Crippen LogP contribution in [-0.4, -0.2) is 40.3 Å². The fraction of sp³-hybridized carbons (Fsp3) is 0.391. The van der Waals surface area contributed by atoms with Gasteiger partial charge in [0.25, 0.3) is 11.6 Å². The van der Waals surface area contributed by atoms with Gasteiger partial charge >= 0.3 is 12.4 Å². The number of nitro benzene ring substituents is 1. The number of nitrogens with one attached hydrogen (secondary N) is 1. The molecule has 36 heavy (non-hydrogen) atoms. The Morgan fingerprint density at radius 2 is 1.58 bits per heavy atom. The van der Waals surface area contributed by atoms with E-state index in [0.29, 0.717) is 17.7 Å². The minimum Gasteiger partial charge on any atom is -0.353 e. The molecule has 0 aliphatic carbocycles. The van der Waals surface area contributed by atoms with Crippen LogP contribution >= 0.6 is 0 Å². The predicted octanol–water partition coefficient (Wildman–Crippen LogP) is 4.98. The van der Waals surface area contributed by atoms with Crippen LogP contribution in [0.15, 0.2) is 42.5 Å². The van der Waals surface area contributed by atoms with E-state index in [1.165, 1.54) is 36.1 Å². The average Bonchev–Trinajstić information content (AvgIpc) is 2.77. The number of carbonyl (C=O) groups excluding carboxylic acids is 2. The Bertz CT molecular complexity index is 1120. The zero-order valence-electron chi connectivity index (χ0n) is 18.8. The molecule has 194 valence electrons. The number of rotatable bonds is 5. The van der Waals surface area contributed by atoms with Gasteiger partial charge in [-0.05, 0) is 43.0 Å². The van der Waals surface area contributed by atoms with E-state index < -0.39 is 45.9 Å². The van der Waals surface area contributed by atoms with Crippen LogP contribution in [0.25, 0.3) is 0 Å². The summed E-state index contributed by atoms with van der Waals surface area (Å²) >= 11 is 0. The lowest BCUT2D eigenvalue weighted by Crippen LogP contribution is -2.52. The molecule has 2 amide bonds. The van der Waals surface area contributed by atoms with E-state index in [9.17, 15) is 46.0 Å². The topological polar surface area (TPSA) is 92.6 Å². The fourth-order valence-corrected chi connectivity index (χ4v) is 4.20. The van der Waals surface area contributed by atoms with Gasteiger partial charge in [-0.25, -0.2) is 0 Å². The van der Waals surface area contributed by atoms with Gasteiger partial charge in [0.1, 0.15) is 0 Å². The standard InChI is InChI=1S/C23H21F6N3O4/c1-13(33)30-18-6-7-31(20(12-18)8-14-2-4-19(5-3-14)32(35)36)21(34)15-9-16(22(24,25)26)11-17(10-15)23(27,28)29/h2-5,9-11,18,20H,6-8,12H2,1H3,(H,30,33). The van der Waals surface area contributed by atoms with Crippen LogP contribution in [0.2, 0.25) is 0 Å². The first-order valence-electron chi connectivity index (χ1n) is 10.8. The van der Waals surface area contributed by atoms with Gasteiger partial charge in [-0.3, -0.25) is 19.7 Å². The lowest BCUT2D eigenvalue weighted by Gasteiger charge is -2.40. The van der Waals surface area contributed by atoms with E-state index in [1.54, 1.807) is 0 Å². The third-order valence-electron chi connectivity index (χ3n) is 5.84. The monoisotopic (exact) mass is 517 g/mol. The highest BCUT2D eigenvalue weighted by molar-refractivity contribution is 5.95. The Kier molecular flexibility index (Phi) is 7.60. The second-order valence-corrected chi connectivity index (χ2v) is 8.50. The van der Waals surface area contributed by atoms with Crippen LogP contribution < -0.4 is 5.32 Å². The minimum atomic E-state index is -5.10. The van der Waals surface area contributed by atoms with Gasteiger partial charge in [0.05, 0.1) is 16.1 Å². The van der Waals surface area contributed by atoms with Gasteiger partial charge in [0.15, 0.2) is 0 Å². The molecule has 3 rings (SSSR count). The van der Waals surface area contributed by atoms with Crippen molar-refractivity contribution in [3.63, 3.8) is 0 Å². The molecule has 2 aromatic rings. The zero-order chi connectivity index (χ0) is 26.8. The van der Waals surface area contributed by atoms with E-state index in [-0.39, 0.29) is 49.5 Å². The Balaban J connectivity index is 1.96. The van der Waals surface area contributed by atoms with Gasteiger partial charge < -0.3 is 10.2 Å². The maximum Gasteiger partial charge on any atom is 0.416 e. The number of piperidine rings is 1. The van der Waals surface area contributed by atoms with Crippen molar-refractivity contribution in [1.29, 1.82) is 0 Å². The van der Waals surface area contributed by atoms with Crippen molar-refractivity contribution in [3.05, 3.63) is 74.8 Å². The molecule has 2 aromatic carbocycles. The van der Waals surface area contributed by atoms with Crippen LogP contribution in [0, 0.1) is 10.1 Å². The number of likely N-dealkylation sites (tertiary alicyclic amines) is 1. The average molecular weight is 517 g/mol. The number of hydrogen-bond acceptors (Lipinski definition) is 4. The smallest absolute Gasteiger partial charge is 0.353 e. The summed E-state index contributed by atoms with van der Waals surface area (Å²) in [5.74, 6) is -1.35. The van der Waals surface area contributed by atoms with E-state index in [2.05, 4.69) is 5.32 Å². The van der Waals surface area contributed by atoms with Crippen LogP contribution in [0.4, 0.5) is 32.0 Å². The van der Waals surface area contributed by atoms with Gasteiger partial charge in [0.2, 0.25) is 5.91 Å². The number of carbonyl (C=O) groups is 2.